The monoisotopic (exact) mass is 187 g/mol. The summed E-state index contributed by atoms with van der Waals surface area (Å²) in [5.41, 5.74) is -0.624. The zero-order chi connectivity index (χ0) is 8.60. The fraction of sp³-hybridized carbons (Fsp3) is 0.875. The molecule has 2 fully saturated rings. The maximum Gasteiger partial charge on any atom is 0.138 e. The highest BCUT2D eigenvalue weighted by atomic mass is 32.1. The van der Waals surface area contributed by atoms with Crippen molar-refractivity contribution in [2.45, 2.75) is 25.0 Å². The van der Waals surface area contributed by atoms with Crippen LogP contribution in [0, 0.1) is 0 Å². The fourth-order valence-electron chi connectivity index (χ4n) is 1.72. The summed E-state index contributed by atoms with van der Waals surface area (Å²) >= 11 is 5.12. The summed E-state index contributed by atoms with van der Waals surface area (Å²) in [5, 5.41) is 9.99. The van der Waals surface area contributed by atoms with Crippen LogP contribution in [0.2, 0.25) is 0 Å². The Kier molecular flexibility index (Phi) is 2.06. The van der Waals surface area contributed by atoms with Crippen molar-refractivity contribution >= 4 is 17.2 Å². The van der Waals surface area contributed by atoms with E-state index in [1.165, 1.54) is 0 Å². The second kappa shape index (κ2) is 2.94. The maximum absolute atomic E-state index is 9.99. The molecule has 2 rings (SSSR count). The summed E-state index contributed by atoms with van der Waals surface area (Å²) in [6, 6.07) is 0. The highest BCUT2D eigenvalue weighted by molar-refractivity contribution is 7.80. The summed E-state index contributed by atoms with van der Waals surface area (Å²) in [6.45, 7) is 1.93. The molecule has 0 unspecified atom stereocenters. The van der Waals surface area contributed by atoms with Crippen LogP contribution in [0.1, 0.15) is 19.3 Å². The van der Waals surface area contributed by atoms with Gasteiger partial charge in [-0.25, -0.2) is 0 Å². The molecule has 3 nitrogen and oxygen atoms in total. The highest BCUT2D eigenvalue weighted by Crippen LogP contribution is 2.35. The summed E-state index contributed by atoms with van der Waals surface area (Å²) in [7, 11) is 0. The van der Waals surface area contributed by atoms with Gasteiger partial charge in [0, 0.05) is 6.54 Å². The molecule has 0 aromatic carbocycles. The molecule has 0 atom stereocenters. The van der Waals surface area contributed by atoms with Crippen molar-refractivity contribution in [2.24, 2.45) is 0 Å². The lowest BCUT2D eigenvalue weighted by molar-refractivity contribution is -0.141. The maximum atomic E-state index is 9.99. The molecule has 0 radical (unpaired) electrons. The van der Waals surface area contributed by atoms with Crippen LogP contribution >= 0.6 is 12.2 Å². The topological polar surface area (TPSA) is 32.7 Å². The molecule has 1 aliphatic carbocycles. The van der Waals surface area contributed by atoms with Gasteiger partial charge >= 0.3 is 0 Å². The third-order valence-corrected chi connectivity index (χ3v) is 2.98. The Labute approximate surface area is 77.3 Å². The molecule has 12 heavy (non-hydrogen) atoms. The van der Waals surface area contributed by atoms with Gasteiger partial charge in [-0.15, -0.1) is 0 Å². The van der Waals surface area contributed by atoms with Crippen LogP contribution < -0.4 is 0 Å². The first kappa shape index (κ1) is 8.41. The molecule has 1 N–H and O–H groups in total. The molecule has 4 heteroatoms. The fourth-order valence-corrected chi connectivity index (χ4v) is 2.07. The Balaban J connectivity index is 2.05. The van der Waals surface area contributed by atoms with Gasteiger partial charge in [-0.1, -0.05) is 12.2 Å². The molecule has 0 aromatic rings. The Bertz CT molecular complexity index is 203. The van der Waals surface area contributed by atoms with Crippen molar-refractivity contribution in [2.75, 3.05) is 19.8 Å². The van der Waals surface area contributed by atoms with Crippen LogP contribution in [0.3, 0.4) is 0 Å². The van der Waals surface area contributed by atoms with E-state index in [1.807, 2.05) is 4.90 Å². The van der Waals surface area contributed by atoms with Crippen molar-refractivity contribution in [3.8, 4) is 0 Å². The number of morpholine rings is 1. The first-order valence-corrected chi connectivity index (χ1v) is 4.74. The molecule has 0 amide bonds. The van der Waals surface area contributed by atoms with E-state index in [0.717, 1.165) is 30.8 Å². The Morgan fingerprint density at radius 3 is 2.75 bits per heavy atom. The van der Waals surface area contributed by atoms with Gasteiger partial charge in [0.2, 0.25) is 0 Å². The minimum atomic E-state index is -0.624. The molecular formula is C8H13NO2S. The van der Waals surface area contributed by atoms with Crippen molar-refractivity contribution in [1.82, 2.24) is 4.90 Å². The van der Waals surface area contributed by atoms with E-state index >= 15 is 0 Å². The van der Waals surface area contributed by atoms with Crippen molar-refractivity contribution in [3.05, 3.63) is 0 Å². The van der Waals surface area contributed by atoms with Gasteiger partial charge in [-0.3, -0.25) is 0 Å². The third-order valence-electron chi connectivity index (χ3n) is 2.64. The normalized spacial score (nSPS) is 28.4. The first-order valence-electron chi connectivity index (χ1n) is 4.33. The minimum absolute atomic E-state index is 0.498. The minimum Gasteiger partial charge on any atom is -0.372 e. The lowest BCUT2D eigenvalue weighted by atomic mass is 9.86. The molecule has 0 aromatic heterocycles. The molecule has 1 aliphatic heterocycles. The predicted octanol–water partition coefficient (Wildman–Crippen LogP) is 0.518. The van der Waals surface area contributed by atoms with Crippen LogP contribution in [-0.4, -0.2) is 40.5 Å². The van der Waals surface area contributed by atoms with Crippen LogP contribution in [0.5, 0.6) is 0 Å². The highest BCUT2D eigenvalue weighted by Gasteiger charge is 2.42. The van der Waals surface area contributed by atoms with E-state index in [1.54, 1.807) is 0 Å². The predicted molar refractivity (Wildman–Crippen MR) is 48.9 cm³/mol. The lowest BCUT2D eigenvalue weighted by Crippen LogP contribution is -2.59. The van der Waals surface area contributed by atoms with E-state index in [-0.39, 0.29) is 0 Å². The van der Waals surface area contributed by atoms with Crippen molar-refractivity contribution in [3.63, 3.8) is 0 Å². The quantitative estimate of drug-likeness (QED) is 0.607. The number of hydrogen-bond acceptors (Lipinski definition) is 3. The van der Waals surface area contributed by atoms with Crippen LogP contribution in [-0.2, 0) is 4.74 Å². The molecule has 0 spiro atoms. The Hall–Kier alpha value is -0.190. The second-order valence-electron chi connectivity index (χ2n) is 3.43. The molecule has 2 aliphatic rings. The van der Waals surface area contributed by atoms with Crippen molar-refractivity contribution < 1.29 is 9.84 Å². The summed E-state index contributed by atoms with van der Waals surface area (Å²) in [4.78, 5) is 2.68. The van der Waals surface area contributed by atoms with Gasteiger partial charge in [0.15, 0.2) is 0 Å². The van der Waals surface area contributed by atoms with E-state index in [0.29, 0.717) is 13.2 Å². The molecule has 0 bridgehead atoms. The summed E-state index contributed by atoms with van der Waals surface area (Å²) in [5.74, 6) is 0. The van der Waals surface area contributed by atoms with Crippen molar-refractivity contribution in [1.29, 1.82) is 0 Å². The van der Waals surface area contributed by atoms with Gasteiger partial charge < -0.3 is 14.7 Å². The third kappa shape index (κ3) is 1.24. The van der Waals surface area contributed by atoms with Gasteiger partial charge in [-0.05, 0) is 19.3 Å². The number of nitrogens with zero attached hydrogens (tertiary/aromatic N) is 1. The Morgan fingerprint density at radius 1 is 1.50 bits per heavy atom. The summed E-state index contributed by atoms with van der Waals surface area (Å²) in [6.07, 6.45) is 2.82. The lowest BCUT2D eigenvalue weighted by Gasteiger charge is -2.48. The van der Waals surface area contributed by atoms with Crippen LogP contribution in [0.15, 0.2) is 0 Å². The number of aliphatic hydroxyl groups is 1. The smallest absolute Gasteiger partial charge is 0.138 e. The van der Waals surface area contributed by atoms with E-state index in [2.05, 4.69) is 0 Å². The summed E-state index contributed by atoms with van der Waals surface area (Å²) < 4.78 is 5.18. The molecular weight excluding hydrogens is 174 g/mol. The number of rotatable bonds is 1. The first-order chi connectivity index (χ1) is 5.72. The van der Waals surface area contributed by atoms with E-state index in [9.17, 15) is 5.11 Å². The van der Waals surface area contributed by atoms with Crippen LogP contribution in [0.25, 0.3) is 0 Å². The van der Waals surface area contributed by atoms with Gasteiger partial charge in [-0.2, -0.15) is 0 Å². The number of thiocarbonyl (C=S) groups is 1. The zero-order valence-corrected chi connectivity index (χ0v) is 7.77. The largest absolute Gasteiger partial charge is 0.372 e. The van der Waals surface area contributed by atoms with Crippen LogP contribution in [0.4, 0.5) is 0 Å². The molecule has 1 saturated carbocycles. The average molecular weight is 187 g/mol. The molecule has 68 valence electrons. The van der Waals surface area contributed by atoms with E-state index in [4.69, 9.17) is 17.0 Å². The average Bonchev–Trinajstić information content (AvgIpc) is 2.01. The van der Waals surface area contributed by atoms with Gasteiger partial charge in [0.25, 0.3) is 0 Å². The van der Waals surface area contributed by atoms with E-state index < -0.39 is 5.72 Å². The number of ether oxygens (including phenoxy) is 1. The molecule has 1 heterocycles. The second-order valence-corrected chi connectivity index (χ2v) is 3.91. The zero-order valence-electron chi connectivity index (χ0n) is 6.95. The molecule has 1 saturated heterocycles. The Morgan fingerprint density at radius 2 is 2.25 bits per heavy atom. The van der Waals surface area contributed by atoms with Gasteiger partial charge in [0.1, 0.15) is 10.7 Å². The SMILES string of the molecule is OC1(N2CCOCC2=S)CCC1. The number of hydrogen-bond donors (Lipinski definition) is 1. The standard InChI is InChI=1S/C8H13NO2S/c10-8(2-1-3-8)9-4-5-11-6-7(9)12/h10H,1-6H2. The van der Waals surface area contributed by atoms with Gasteiger partial charge in [0.05, 0.1) is 13.2 Å².